The molecule has 0 amide bonds. The molecular weight excluding hydrogens is 306 g/mol. The van der Waals surface area contributed by atoms with Crippen LogP contribution in [0.25, 0.3) is 0 Å². The minimum atomic E-state index is -0.422. The second kappa shape index (κ2) is 6.06. The van der Waals surface area contributed by atoms with Crippen LogP contribution in [0.4, 0.5) is 0 Å². The van der Waals surface area contributed by atoms with Crippen LogP contribution in [0.5, 0.6) is 0 Å². The number of ether oxygens (including phenoxy) is 1. The van der Waals surface area contributed by atoms with Crippen molar-refractivity contribution < 1.29 is 9.53 Å². The molecule has 1 fully saturated rings. The predicted molar refractivity (Wildman–Crippen MR) is 79.2 cm³/mol. The van der Waals surface area contributed by atoms with Crippen LogP contribution in [0.3, 0.4) is 0 Å². The average molecular weight is 326 g/mol. The first-order valence-electron chi connectivity index (χ1n) is 6.69. The van der Waals surface area contributed by atoms with Crippen molar-refractivity contribution in [2.24, 2.45) is 5.92 Å². The Morgan fingerprint density at radius 3 is 2.58 bits per heavy atom. The highest BCUT2D eigenvalue weighted by Crippen LogP contribution is 2.30. The van der Waals surface area contributed by atoms with Crippen molar-refractivity contribution in [2.75, 3.05) is 13.1 Å². The highest BCUT2D eigenvalue weighted by atomic mass is 79.9. The van der Waals surface area contributed by atoms with E-state index >= 15 is 0 Å². The summed E-state index contributed by atoms with van der Waals surface area (Å²) in [4.78, 5) is 12.3. The van der Waals surface area contributed by atoms with Crippen molar-refractivity contribution in [1.82, 2.24) is 5.32 Å². The number of hydrogen-bond donors (Lipinski definition) is 1. The van der Waals surface area contributed by atoms with E-state index in [1.807, 2.05) is 32.0 Å². The molecule has 4 heteroatoms. The van der Waals surface area contributed by atoms with Crippen molar-refractivity contribution in [1.29, 1.82) is 0 Å². The number of carbonyl (C=O) groups is 1. The van der Waals surface area contributed by atoms with Crippen LogP contribution in [-0.2, 0) is 4.74 Å². The van der Waals surface area contributed by atoms with Gasteiger partial charge in [-0.05, 0) is 67.8 Å². The number of carbonyl (C=O) groups excluding carboxylic acids is 1. The summed E-state index contributed by atoms with van der Waals surface area (Å²) in [5.41, 5.74) is 0.165. The van der Waals surface area contributed by atoms with E-state index in [-0.39, 0.29) is 5.97 Å². The molecular formula is C15H20BrNO2. The van der Waals surface area contributed by atoms with Crippen molar-refractivity contribution in [3.63, 3.8) is 0 Å². The Bertz CT molecular complexity index is 453. The van der Waals surface area contributed by atoms with Gasteiger partial charge in [0.05, 0.1) is 5.56 Å². The molecule has 104 valence electrons. The highest BCUT2D eigenvalue weighted by Gasteiger charge is 2.34. The maximum Gasteiger partial charge on any atom is 0.339 e. The van der Waals surface area contributed by atoms with E-state index < -0.39 is 5.60 Å². The Labute approximate surface area is 122 Å². The number of benzene rings is 1. The fourth-order valence-electron chi connectivity index (χ4n) is 2.52. The quantitative estimate of drug-likeness (QED) is 0.866. The molecule has 0 unspecified atom stereocenters. The maximum atomic E-state index is 12.3. The lowest BCUT2D eigenvalue weighted by Gasteiger charge is -2.36. The summed E-state index contributed by atoms with van der Waals surface area (Å²) in [6.45, 7) is 6.02. The average Bonchev–Trinajstić information content (AvgIpc) is 2.39. The first kappa shape index (κ1) is 14.5. The third kappa shape index (κ3) is 3.57. The van der Waals surface area contributed by atoms with Gasteiger partial charge in [0.1, 0.15) is 5.60 Å². The van der Waals surface area contributed by atoms with E-state index in [1.54, 1.807) is 6.07 Å². The molecule has 1 aromatic carbocycles. The Morgan fingerprint density at radius 2 is 1.95 bits per heavy atom. The smallest absolute Gasteiger partial charge is 0.339 e. The monoisotopic (exact) mass is 325 g/mol. The first-order chi connectivity index (χ1) is 9.00. The molecule has 0 saturated carbocycles. The Morgan fingerprint density at radius 1 is 1.32 bits per heavy atom. The zero-order chi connectivity index (χ0) is 13.9. The SMILES string of the molecule is CC(C)(OC(=O)c1ccccc1Br)C1CCNCC1. The van der Waals surface area contributed by atoms with Gasteiger partial charge in [-0.1, -0.05) is 12.1 Å². The minimum Gasteiger partial charge on any atom is -0.456 e. The van der Waals surface area contributed by atoms with Crippen molar-refractivity contribution in [3.05, 3.63) is 34.3 Å². The van der Waals surface area contributed by atoms with Crippen LogP contribution in [-0.4, -0.2) is 24.7 Å². The molecule has 1 saturated heterocycles. The van der Waals surface area contributed by atoms with E-state index in [0.29, 0.717) is 11.5 Å². The zero-order valence-corrected chi connectivity index (χ0v) is 13.0. The Hall–Kier alpha value is -0.870. The molecule has 1 heterocycles. The molecule has 0 atom stereocenters. The predicted octanol–water partition coefficient (Wildman–Crippen LogP) is 3.38. The molecule has 0 bridgehead atoms. The van der Waals surface area contributed by atoms with E-state index in [1.165, 1.54) is 0 Å². The lowest BCUT2D eigenvalue weighted by molar-refractivity contribution is -0.0368. The van der Waals surface area contributed by atoms with Crippen molar-refractivity contribution >= 4 is 21.9 Å². The second-order valence-corrected chi connectivity index (χ2v) is 6.35. The fraction of sp³-hybridized carbons (Fsp3) is 0.533. The van der Waals surface area contributed by atoms with Crippen LogP contribution in [0, 0.1) is 5.92 Å². The number of piperidine rings is 1. The third-order valence-corrected chi connectivity index (χ3v) is 4.46. The zero-order valence-electron chi connectivity index (χ0n) is 11.4. The van der Waals surface area contributed by atoms with E-state index in [4.69, 9.17) is 4.74 Å². The van der Waals surface area contributed by atoms with Crippen LogP contribution in [0.1, 0.15) is 37.0 Å². The summed E-state index contributed by atoms with van der Waals surface area (Å²) in [5.74, 6) is 0.163. The number of rotatable bonds is 3. The topological polar surface area (TPSA) is 38.3 Å². The van der Waals surface area contributed by atoms with Gasteiger partial charge < -0.3 is 10.1 Å². The van der Waals surface area contributed by atoms with E-state index in [9.17, 15) is 4.79 Å². The summed E-state index contributed by atoms with van der Waals surface area (Å²) in [7, 11) is 0. The maximum absolute atomic E-state index is 12.3. The van der Waals surface area contributed by atoms with Crippen LogP contribution >= 0.6 is 15.9 Å². The normalized spacial score (nSPS) is 17.2. The highest BCUT2D eigenvalue weighted by molar-refractivity contribution is 9.10. The molecule has 0 spiro atoms. The Kier molecular flexibility index (Phi) is 4.63. The van der Waals surface area contributed by atoms with E-state index in [2.05, 4.69) is 21.2 Å². The van der Waals surface area contributed by atoms with Gasteiger partial charge in [-0.25, -0.2) is 4.79 Å². The number of hydrogen-bond acceptors (Lipinski definition) is 3. The standard InChI is InChI=1S/C15H20BrNO2/c1-15(2,11-7-9-17-10-8-11)19-14(18)12-5-3-4-6-13(12)16/h3-6,11,17H,7-10H2,1-2H3. The van der Waals surface area contributed by atoms with Gasteiger partial charge in [0.15, 0.2) is 0 Å². The molecule has 0 radical (unpaired) electrons. The van der Waals surface area contributed by atoms with Gasteiger partial charge in [0, 0.05) is 10.4 Å². The largest absolute Gasteiger partial charge is 0.456 e. The van der Waals surface area contributed by atoms with Gasteiger partial charge in [-0.3, -0.25) is 0 Å². The Balaban J connectivity index is 2.07. The summed E-state index contributed by atoms with van der Waals surface area (Å²) < 4.78 is 6.53. The van der Waals surface area contributed by atoms with Crippen LogP contribution in [0.2, 0.25) is 0 Å². The summed E-state index contributed by atoms with van der Waals surface area (Å²) >= 11 is 3.39. The molecule has 2 rings (SSSR count). The lowest BCUT2D eigenvalue weighted by atomic mass is 9.83. The van der Waals surface area contributed by atoms with E-state index in [0.717, 1.165) is 30.4 Å². The molecule has 1 aromatic rings. The fourth-order valence-corrected chi connectivity index (χ4v) is 2.97. The molecule has 0 aliphatic carbocycles. The van der Waals surface area contributed by atoms with Gasteiger partial charge >= 0.3 is 5.97 Å². The number of halogens is 1. The molecule has 1 aliphatic heterocycles. The summed E-state index contributed by atoms with van der Waals surface area (Å²) in [6, 6.07) is 7.37. The number of esters is 1. The summed E-state index contributed by atoms with van der Waals surface area (Å²) in [6.07, 6.45) is 2.10. The van der Waals surface area contributed by atoms with Gasteiger partial charge in [0.25, 0.3) is 0 Å². The van der Waals surface area contributed by atoms with Gasteiger partial charge in [-0.2, -0.15) is 0 Å². The molecule has 1 N–H and O–H groups in total. The molecule has 0 aromatic heterocycles. The van der Waals surface area contributed by atoms with Gasteiger partial charge in [-0.15, -0.1) is 0 Å². The van der Waals surface area contributed by atoms with Crippen molar-refractivity contribution in [3.8, 4) is 0 Å². The number of nitrogens with one attached hydrogen (secondary N) is 1. The molecule has 1 aliphatic rings. The van der Waals surface area contributed by atoms with Gasteiger partial charge in [0.2, 0.25) is 0 Å². The third-order valence-electron chi connectivity index (χ3n) is 3.77. The van der Waals surface area contributed by atoms with Crippen LogP contribution in [0.15, 0.2) is 28.7 Å². The van der Waals surface area contributed by atoms with Crippen molar-refractivity contribution in [2.45, 2.75) is 32.3 Å². The molecule has 19 heavy (non-hydrogen) atoms. The van der Waals surface area contributed by atoms with Crippen LogP contribution < -0.4 is 5.32 Å². The first-order valence-corrected chi connectivity index (χ1v) is 7.48. The summed E-state index contributed by atoms with van der Waals surface area (Å²) in [5, 5.41) is 3.33. The lowest BCUT2D eigenvalue weighted by Crippen LogP contribution is -2.42. The molecule has 3 nitrogen and oxygen atoms in total. The minimum absolute atomic E-state index is 0.254. The second-order valence-electron chi connectivity index (χ2n) is 5.50.